The fourth-order valence-electron chi connectivity index (χ4n) is 1.73. The van der Waals surface area contributed by atoms with Crippen LogP contribution >= 0.6 is 15.9 Å². The van der Waals surface area contributed by atoms with Crippen LogP contribution in [0.1, 0.15) is 30.0 Å². The predicted octanol–water partition coefficient (Wildman–Crippen LogP) is 3.14. The molecule has 1 atom stereocenters. The maximum atomic E-state index is 11.8. The molecular weight excluding hydrogens is 278 g/mol. The summed E-state index contributed by atoms with van der Waals surface area (Å²) in [6, 6.07) is 6.46. The molecule has 0 radical (unpaired) electrons. The van der Waals surface area contributed by atoms with E-state index in [1.807, 2.05) is 20.8 Å². The van der Waals surface area contributed by atoms with Crippen molar-refractivity contribution in [3.63, 3.8) is 0 Å². The number of aryl methyl sites for hydroxylation is 2. The van der Waals surface area contributed by atoms with Crippen LogP contribution in [-0.4, -0.2) is 17.3 Å². The van der Waals surface area contributed by atoms with Gasteiger partial charge in [0, 0.05) is 11.4 Å². The zero-order valence-corrected chi connectivity index (χ0v) is 12.3. The molecule has 0 spiro atoms. The van der Waals surface area contributed by atoms with Crippen LogP contribution in [0.4, 0.5) is 0 Å². The van der Waals surface area contributed by atoms with Crippen LogP contribution < -0.4 is 5.32 Å². The fourth-order valence-corrected chi connectivity index (χ4v) is 2.41. The van der Waals surface area contributed by atoms with Gasteiger partial charge in [-0.05, 0) is 38.3 Å². The smallest absolute Gasteiger partial charge is 0.224 e. The van der Waals surface area contributed by atoms with Crippen molar-refractivity contribution in [1.82, 2.24) is 5.32 Å². The van der Waals surface area contributed by atoms with Crippen LogP contribution in [0.15, 0.2) is 18.2 Å². The average Bonchev–Trinajstić information content (AvgIpc) is 2.23. The van der Waals surface area contributed by atoms with Crippen LogP contribution in [0, 0.1) is 13.8 Å². The van der Waals surface area contributed by atoms with E-state index in [9.17, 15) is 4.79 Å². The highest BCUT2D eigenvalue weighted by molar-refractivity contribution is 9.09. The van der Waals surface area contributed by atoms with Crippen molar-refractivity contribution < 1.29 is 4.79 Å². The van der Waals surface area contributed by atoms with Crippen LogP contribution in [-0.2, 0) is 11.2 Å². The Bertz CT molecular complexity index is 390. The molecule has 1 aromatic rings. The van der Waals surface area contributed by atoms with E-state index in [1.165, 1.54) is 11.1 Å². The standard InChI is InChI=1S/C14H20BrNO/c1-10-4-5-11(2)13(8-10)9-14(17)16-12(3)6-7-15/h4-5,8,12H,6-7,9H2,1-3H3,(H,16,17). The number of hydrogen-bond acceptors (Lipinski definition) is 1. The Kier molecular flexibility index (Phi) is 5.69. The maximum Gasteiger partial charge on any atom is 0.224 e. The number of rotatable bonds is 5. The Morgan fingerprint density at radius 3 is 2.76 bits per heavy atom. The molecule has 0 aliphatic carbocycles. The normalized spacial score (nSPS) is 12.2. The van der Waals surface area contributed by atoms with Gasteiger partial charge in [-0.2, -0.15) is 0 Å². The summed E-state index contributed by atoms with van der Waals surface area (Å²) in [6.45, 7) is 6.13. The first-order valence-corrected chi connectivity index (χ1v) is 7.06. The number of carbonyl (C=O) groups is 1. The summed E-state index contributed by atoms with van der Waals surface area (Å²) in [4.78, 5) is 11.8. The lowest BCUT2D eigenvalue weighted by atomic mass is 10.0. The molecule has 3 heteroatoms. The van der Waals surface area contributed by atoms with E-state index >= 15 is 0 Å². The molecule has 94 valence electrons. The summed E-state index contributed by atoms with van der Waals surface area (Å²) in [5.41, 5.74) is 3.50. The van der Waals surface area contributed by atoms with E-state index in [2.05, 4.69) is 39.4 Å². The van der Waals surface area contributed by atoms with Gasteiger partial charge in [-0.15, -0.1) is 0 Å². The van der Waals surface area contributed by atoms with Crippen LogP contribution in [0.3, 0.4) is 0 Å². The average molecular weight is 298 g/mol. The summed E-state index contributed by atoms with van der Waals surface area (Å²) in [7, 11) is 0. The highest BCUT2D eigenvalue weighted by Crippen LogP contribution is 2.11. The molecule has 1 unspecified atom stereocenters. The summed E-state index contributed by atoms with van der Waals surface area (Å²) in [6.07, 6.45) is 1.43. The van der Waals surface area contributed by atoms with Gasteiger partial charge in [-0.3, -0.25) is 4.79 Å². The third-order valence-corrected chi connectivity index (χ3v) is 3.26. The second kappa shape index (κ2) is 6.80. The zero-order chi connectivity index (χ0) is 12.8. The first-order chi connectivity index (χ1) is 8.02. The Hall–Kier alpha value is -0.830. The molecule has 1 aromatic carbocycles. The van der Waals surface area contributed by atoms with E-state index in [1.54, 1.807) is 0 Å². The zero-order valence-electron chi connectivity index (χ0n) is 10.7. The maximum absolute atomic E-state index is 11.8. The van der Waals surface area contributed by atoms with E-state index in [0.29, 0.717) is 6.42 Å². The second-order valence-corrected chi connectivity index (χ2v) is 5.35. The topological polar surface area (TPSA) is 29.1 Å². The first kappa shape index (κ1) is 14.2. The van der Waals surface area contributed by atoms with E-state index in [-0.39, 0.29) is 11.9 Å². The minimum Gasteiger partial charge on any atom is -0.353 e. The predicted molar refractivity (Wildman–Crippen MR) is 75.6 cm³/mol. The monoisotopic (exact) mass is 297 g/mol. The molecule has 0 saturated carbocycles. The van der Waals surface area contributed by atoms with Crippen molar-refractivity contribution in [2.75, 3.05) is 5.33 Å². The third kappa shape index (κ3) is 4.90. The molecule has 0 saturated heterocycles. The molecule has 1 amide bonds. The minimum absolute atomic E-state index is 0.104. The highest BCUT2D eigenvalue weighted by atomic mass is 79.9. The molecule has 17 heavy (non-hydrogen) atoms. The van der Waals surface area contributed by atoms with Crippen molar-refractivity contribution in [1.29, 1.82) is 0 Å². The number of hydrogen-bond donors (Lipinski definition) is 1. The number of alkyl halides is 1. The number of amides is 1. The van der Waals surface area contributed by atoms with Gasteiger partial charge >= 0.3 is 0 Å². The molecule has 2 nitrogen and oxygen atoms in total. The van der Waals surface area contributed by atoms with Crippen molar-refractivity contribution in [2.45, 2.75) is 39.7 Å². The Labute approximate surface area is 112 Å². The number of halogens is 1. The van der Waals surface area contributed by atoms with Crippen molar-refractivity contribution in [2.24, 2.45) is 0 Å². The van der Waals surface area contributed by atoms with Gasteiger partial charge in [0.2, 0.25) is 5.91 Å². The molecule has 1 N–H and O–H groups in total. The largest absolute Gasteiger partial charge is 0.353 e. The third-order valence-electron chi connectivity index (χ3n) is 2.81. The molecule has 0 fully saturated rings. The van der Waals surface area contributed by atoms with Crippen LogP contribution in [0.25, 0.3) is 0 Å². The molecule has 1 rings (SSSR count). The highest BCUT2D eigenvalue weighted by Gasteiger charge is 2.09. The van der Waals surface area contributed by atoms with Gasteiger partial charge in [-0.25, -0.2) is 0 Å². The lowest BCUT2D eigenvalue weighted by Crippen LogP contribution is -2.34. The summed E-state index contributed by atoms with van der Waals surface area (Å²) in [5.74, 6) is 0.104. The molecule has 0 heterocycles. The Morgan fingerprint density at radius 1 is 1.41 bits per heavy atom. The number of nitrogens with one attached hydrogen (secondary N) is 1. The Balaban J connectivity index is 2.58. The molecule has 0 bridgehead atoms. The molecule has 0 aliphatic heterocycles. The van der Waals surface area contributed by atoms with Gasteiger partial charge in [0.05, 0.1) is 6.42 Å². The Morgan fingerprint density at radius 2 is 2.12 bits per heavy atom. The van der Waals surface area contributed by atoms with Gasteiger partial charge in [-0.1, -0.05) is 39.7 Å². The van der Waals surface area contributed by atoms with E-state index in [4.69, 9.17) is 0 Å². The SMILES string of the molecule is Cc1ccc(C)c(CC(=O)NC(C)CCBr)c1. The summed E-state index contributed by atoms with van der Waals surface area (Å²) >= 11 is 3.38. The lowest BCUT2D eigenvalue weighted by molar-refractivity contribution is -0.121. The number of benzene rings is 1. The molecule has 0 aliphatic rings. The van der Waals surface area contributed by atoms with Gasteiger partial charge < -0.3 is 5.32 Å². The van der Waals surface area contributed by atoms with Crippen LogP contribution in [0.5, 0.6) is 0 Å². The fraction of sp³-hybridized carbons (Fsp3) is 0.500. The van der Waals surface area contributed by atoms with Gasteiger partial charge in [0.1, 0.15) is 0 Å². The minimum atomic E-state index is 0.104. The van der Waals surface area contributed by atoms with Crippen LogP contribution in [0.2, 0.25) is 0 Å². The van der Waals surface area contributed by atoms with Gasteiger partial charge in [0.25, 0.3) is 0 Å². The lowest BCUT2D eigenvalue weighted by Gasteiger charge is -2.13. The number of carbonyl (C=O) groups excluding carboxylic acids is 1. The van der Waals surface area contributed by atoms with E-state index in [0.717, 1.165) is 17.3 Å². The second-order valence-electron chi connectivity index (χ2n) is 4.55. The first-order valence-electron chi connectivity index (χ1n) is 5.94. The molecule has 0 aromatic heterocycles. The van der Waals surface area contributed by atoms with Crippen molar-refractivity contribution in [3.8, 4) is 0 Å². The van der Waals surface area contributed by atoms with E-state index < -0.39 is 0 Å². The summed E-state index contributed by atoms with van der Waals surface area (Å²) < 4.78 is 0. The quantitative estimate of drug-likeness (QED) is 0.831. The van der Waals surface area contributed by atoms with Gasteiger partial charge in [0.15, 0.2) is 0 Å². The van der Waals surface area contributed by atoms with Crippen molar-refractivity contribution in [3.05, 3.63) is 34.9 Å². The van der Waals surface area contributed by atoms with Crippen molar-refractivity contribution >= 4 is 21.8 Å². The summed E-state index contributed by atoms with van der Waals surface area (Å²) in [5, 5.41) is 3.92. The molecular formula is C14H20BrNO.